The summed E-state index contributed by atoms with van der Waals surface area (Å²) in [6.07, 6.45) is 8.71. The molecule has 0 radical (unpaired) electrons. The molecule has 1 saturated carbocycles. The Morgan fingerprint density at radius 1 is 0.931 bits per heavy atom. The number of hydrogen-bond acceptors (Lipinski definition) is 9. The van der Waals surface area contributed by atoms with Gasteiger partial charge in [0.2, 0.25) is 11.8 Å². The molecule has 13 nitrogen and oxygen atoms in total. The number of nitrogens with one attached hydrogen (secondary N) is 5. The van der Waals surface area contributed by atoms with Crippen molar-refractivity contribution >= 4 is 35.5 Å². The lowest BCUT2D eigenvalue weighted by Gasteiger charge is -2.36. The highest BCUT2D eigenvalue weighted by atomic mass is 32.2. The van der Waals surface area contributed by atoms with Crippen LogP contribution in [0.4, 0.5) is 4.79 Å². The van der Waals surface area contributed by atoms with Crippen LogP contribution >= 0.6 is 11.8 Å². The number of nitrogens with zero attached hydrogens (tertiary/aromatic N) is 1. The molecule has 14 heteroatoms. The lowest BCUT2D eigenvalue weighted by molar-refractivity contribution is -0.140. The summed E-state index contributed by atoms with van der Waals surface area (Å²) in [5, 5.41) is 39.1. The smallest absolute Gasteiger partial charge is 0.315 e. The number of urea groups is 1. The van der Waals surface area contributed by atoms with Crippen LogP contribution in [0.3, 0.4) is 0 Å². The third kappa shape index (κ3) is 12.6. The van der Waals surface area contributed by atoms with Gasteiger partial charge in [-0.15, -0.1) is 0 Å². The first-order valence-corrected chi connectivity index (χ1v) is 22.6. The van der Waals surface area contributed by atoms with Crippen LogP contribution in [0.2, 0.25) is 0 Å². The van der Waals surface area contributed by atoms with E-state index in [-0.39, 0.29) is 42.4 Å². The van der Waals surface area contributed by atoms with Gasteiger partial charge in [0.1, 0.15) is 17.9 Å². The highest BCUT2D eigenvalue weighted by Crippen LogP contribution is 2.34. The van der Waals surface area contributed by atoms with Gasteiger partial charge >= 0.3 is 6.03 Å². The second-order valence-electron chi connectivity index (χ2n) is 16.8. The first-order chi connectivity index (χ1) is 28.0. The standard InChI is InChI=1S/C44H66N6O7S/c1-5-28(4)37(43(55)46-25-30-18-13-14-22-45-30)49-42(54)36(27(2)3)40(52)39(51)32(24-29-16-8-6-9-17-29)47-41(53)31-19-11-12-20-34(31)57-23-15-7-10-21-35-38-33(26-58-35)48-44(56)50-38/h11-14,18-20,22,27-29,32-33,35-40,51-52H,5-10,15-17,21,23-26H2,1-4H3,(H,46,55)(H,47,53)(H,49,54)(H2,48,50,56)/t28?,32-,33-,35-,36+,37-,38?,39+,40+/m0/s1. The van der Waals surface area contributed by atoms with Gasteiger partial charge in [-0.3, -0.25) is 19.4 Å². The Hall–Kier alpha value is -3.88. The number of hydrogen-bond donors (Lipinski definition) is 7. The van der Waals surface area contributed by atoms with Crippen molar-refractivity contribution in [2.75, 3.05) is 12.4 Å². The molecule has 1 aliphatic carbocycles. The van der Waals surface area contributed by atoms with E-state index in [4.69, 9.17) is 4.74 Å². The minimum Gasteiger partial charge on any atom is -0.493 e. The molecule has 3 fully saturated rings. The van der Waals surface area contributed by atoms with Crippen LogP contribution in [0.25, 0.3) is 0 Å². The van der Waals surface area contributed by atoms with E-state index >= 15 is 0 Å². The van der Waals surface area contributed by atoms with Gasteiger partial charge in [-0.2, -0.15) is 11.8 Å². The molecule has 2 unspecified atom stereocenters. The summed E-state index contributed by atoms with van der Waals surface area (Å²) < 4.78 is 6.15. The number of carbonyl (C=O) groups is 4. The van der Waals surface area contributed by atoms with Gasteiger partial charge < -0.3 is 41.5 Å². The molecule has 0 bridgehead atoms. The van der Waals surface area contributed by atoms with E-state index in [9.17, 15) is 29.4 Å². The van der Waals surface area contributed by atoms with Crippen LogP contribution in [-0.2, 0) is 16.1 Å². The van der Waals surface area contributed by atoms with Crippen molar-refractivity contribution in [3.63, 3.8) is 0 Å². The summed E-state index contributed by atoms with van der Waals surface area (Å²) in [5.41, 5.74) is 1.02. The fraction of sp³-hybridized carbons (Fsp3) is 0.659. The lowest BCUT2D eigenvalue weighted by Crippen LogP contribution is -2.57. The number of carbonyl (C=O) groups excluding carboxylic acids is 4. The van der Waals surface area contributed by atoms with E-state index < -0.39 is 47.9 Å². The minimum atomic E-state index is -1.52. The number of pyridine rings is 1. The summed E-state index contributed by atoms with van der Waals surface area (Å²) in [4.78, 5) is 57.5. The zero-order chi connectivity index (χ0) is 41.6. The molecule has 9 atom stereocenters. The maximum atomic E-state index is 14.0. The van der Waals surface area contributed by atoms with Crippen molar-refractivity contribution in [3.8, 4) is 5.75 Å². The van der Waals surface area contributed by atoms with Crippen LogP contribution in [0.5, 0.6) is 5.75 Å². The number of unbranched alkanes of at least 4 members (excludes halogenated alkanes) is 2. The van der Waals surface area contributed by atoms with Crippen molar-refractivity contribution in [3.05, 3.63) is 59.9 Å². The number of aliphatic hydroxyl groups excluding tert-OH is 2. The summed E-state index contributed by atoms with van der Waals surface area (Å²) in [6, 6.07) is 11.1. The molecule has 5 amide bonds. The van der Waals surface area contributed by atoms with Gasteiger partial charge in [0, 0.05) is 17.2 Å². The van der Waals surface area contributed by atoms with Gasteiger partial charge in [0.15, 0.2) is 0 Å². The molecule has 3 heterocycles. The van der Waals surface area contributed by atoms with Gasteiger partial charge in [0.25, 0.3) is 5.91 Å². The number of benzene rings is 1. The SMILES string of the molecule is CCC(C)[C@H](NC(=O)[C@H](C(C)C)[C@@H](O)[C@H](O)[C@H](CC1CCCCC1)NC(=O)c1ccccc1OCCCCC[C@@H]1SC[C@@H]2NC(=O)NC21)C(=O)NCc1ccccn1. The van der Waals surface area contributed by atoms with E-state index in [0.29, 0.717) is 41.7 Å². The molecular formula is C44H66N6O7S. The fourth-order valence-electron chi connectivity index (χ4n) is 8.59. The third-order valence-electron chi connectivity index (χ3n) is 12.2. The molecular weight excluding hydrogens is 757 g/mol. The second kappa shape index (κ2) is 22.5. The van der Waals surface area contributed by atoms with Gasteiger partial charge in [0.05, 0.1) is 54.6 Å². The number of para-hydroxylation sites is 1. The Balaban J connectivity index is 1.21. The summed E-state index contributed by atoms with van der Waals surface area (Å²) in [7, 11) is 0. The summed E-state index contributed by atoms with van der Waals surface area (Å²) >= 11 is 1.91. The van der Waals surface area contributed by atoms with Crippen LogP contribution < -0.4 is 31.3 Å². The molecule has 2 saturated heterocycles. The monoisotopic (exact) mass is 822 g/mol. The molecule has 2 aromatic rings. The molecule has 0 spiro atoms. The van der Waals surface area contributed by atoms with Crippen molar-refractivity contribution < 1.29 is 34.1 Å². The predicted octanol–water partition coefficient (Wildman–Crippen LogP) is 5.10. The number of rotatable bonds is 22. The van der Waals surface area contributed by atoms with Crippen molar-refractivity contribution in [1.82, 2.24) is 31.6 Å². The van der Waals surface area contributed by atoms with Crippen LogP contribution in [-0.4, -0.2) is 92.9 Å². The highest BCUT2D eigenvalue weighted by molar-refractivity contribution is 8.00. The van der Waals surface area contributed by atoms with Gasteiger partial charge in [-0.25, -0.2) is 4.79 Å². The van der Waals surface area contributed by atoms with E-state index in [2.05, 4.69) is 31.6 Å². The topological polar surface area (TPSA) is 191 Å². The molecule has 1 aromatic carbocycles. The largest absolute Gasteiger partial charge is 0.493 e. The number of thioether (sulfide) groups is 1. The zero-order valence-corrected chi connectivity index (χ0v) is 35.5. The van der Waals surface area contributed by atoms with Gasteiger partial charge in [-0.1, -0.05) is 97.3 Å². The third-order valence-corrected chi connectivity index (χ3v) is 13.7. The zero-order valence-electron chi connectivity index (χ0n) is 34.7. The molecule has 1 aromatic heterocycles. The number of ether oxygens (including phenoxy) is 1. The number of amides is 5. The van der Waals surface area contributed by atoms with Crippen LogP contribution in [0.15, 0.2) is 48.7 Å². The number of aromatic nitrogens is 1. The molecule has 5 rings (SSSR count). The molecule has 7 N–H and O–H groups in total. The molecule has 58 heavy (non-hydrogen) atoms. The Kier molecular flexibility index (Phi) is 17.5. The second-order valence-corrected chi connectivity index (χ2v) is 18.1. The predicted molar refractivity (Wildman–Crippen MR) is 226 cm³/mol. The van der Waals surface area contributed by atoms with Gasteiger partial charge in [-0.05, 0) is 61.3 Å². The first-order valence-electron chi connectivity index (χ1n) is 21.5. The Morgan fingerprint density at radius 3 is 2.41 bits per heavy atom. The average Bonchev–Trinajstić information content (AvgIpc) is 3.79. The summed E-state index contributed by atoms with van der Waals surface area (Å²) in [6.45, 7) is 8.08. The van der Waals surface area contributed by atoms with Crippen LogP contribution in [0.1, 0.15) is 114 Å². The van der Waals surface area contributed by atoms with E-state index in [1.807, 2.05) is 43.8 Å². The Labute approximate surface area is 348 Å². The number of aliphatic hydroxyl groups is 2. The quantitative estimate of drug-likeness (QED) is 0.0626. The normalized spacial score (nSPS) is 22.4. The van der Waals surface area contributed by atoms with E-state index in [0.717, 1.165) is 63.5 Å². The van der Waals surface area contributed by atoms with Crippen LogP contribution in [0, 0.1) is 23.7 Å². The minimum absolute atomic E-state index is 0.0731. The maximum Gasteiger partial charge on any atom is 0.315 e. The summed E-state index contributed by atoms with van der Waals surface area (Å²) in [5.74, 6) is -1.35. The first kappa shape index (κ1) is 45.2. The van der Waals surface area contributed by atoms with E-state index in [1.54, 1.807) is 44.3 Å². The number of fused-ring (bicyclic) bond motifs is 1. The lowest BCUT2D eigenvalue weighted by atomic mass is 9.79. The van der Waals surface area contributed by atoms with Crippen molar-refractivity contribution in [1.29, 1.82) is 0 Å². The highest BCUT2D eigenvalue weighted by Gasteiger charge is 2.43. The Morgan fingerprint density at radius 2 is 1.69 bits per heavy atom. The maximum absolute atomic E-state index is 14.0. The fourth-order valence-corrected chi connectivity index (χ4v) is 10.1. The van der Waals surface area contributed by atoms with E-state index in [1.165, 1.54) is 0 Å². The van der Waals surface area contributed by atoms with Crippen molar-refractivity contribution in [2.45, 2.75) is 146 Å². The molecule has 2 aliphatic heterocycles. The average molecular weight is 823 g/mol. The molecule has 320 valence electrons. The molecule has 3 aliphatic rings. The Bertz CT molecular complexity index is 1630. The van der Waals surface area contributed by atoms with Crippen molar-refractivity contribution in [2.24, 2.45) is 23.7 Å².